The highest BCUT2D eigenvalue weighted by Crippen LogP contribution is 2.34. The second-order valence-corrected chi connectivity index (χ2v) is 5.17. The quantitative estimate of drug-likeness (QED) is 0.357. The minimum atomic E-state index is -2.63. The fourth-order valence-electron chi connectivity index (χ4n) is 2.23. The molecule has 0 N–H and O–H groups in total. The summed E-state index contributed by atoms with van der Waals surface area (Å²) >= 11 is 0. The molecule has 0 saturated carbocycles. The Morgan fingerprint density at radius 3 is 2.47 bits per heavy atom. The molecule has 3 heteroatoms. The number of alkyl halides is 2. The standard InChI is InChI=1S/C16H28F2O/c1-4-6-8-10-12-15(14-19-3)16(17,18)13-11-9-7-5-2/h2,15H,4,6-14H2,1,3H3/t15-/m0/s1. The molecule has 0 bridgehead atoms. The minimum Gasteiger partial charge on any atom is -0.384 e. The maximum atomic E-state index is 14.1. The summed E-state index contributed by atoms with van der Waals surface area (Å²) in [6.07, 6.45) is 11.5. The van der Waals surface area contributed by atoms with E-state index in [1.54, 1.807) is 0 Å². The predicted octanol–water partition coefficient (Wildman–Crippen LogP) is 5.05. The van der Waals surface area contributed by atoms with Gasteiger partial charge in [-0.2, -0.15) is 0 Å². The maximum absolute atomic E-state index is 14.1. The van der Waals surface area contributed by atoms with Crippen LogP contribution in [0.15, 0.2) is 0 Å². The van der Waals surface area contributed by atoms with E-state index in [1.165, 1.54) is 7.11 Å². The monoisotopic (exact) mass is 274 g/mol. The number of methoxy groups -OCH3 is 1. The summed E-state index contributed by atoms with van der Waals surface area (Å²) in [6, 6.07) is 0. The number of terminal acetylenes is 1. The molecule has 0 amide bonds. The molecule has 0 aliphatic heterocycles. The van der Waals surface area contributed by atoms with Crippen LogP contribution in [0.5, 0.6) is 0 Å². The summed E-state index contributed by atoms with van der Waals surface area (Å²) < 4.78 is 33.1. The Labute approximate surface area is 117 Å². The van der Waals surface area contributed by atoms with Gasteiger partial charge in [0.2, 0.25) is 0 Å². The fraction of sp³-hybridized carbons (Fsp3) is 0.875. The van der Waals surface area contributed by atoms with Gasteiger partial charge in [0.15, 0.2) is 0 Å². The smallest absolute Gasteiger partial charge is 0.253 e. The van der Waals surface area contributed by atoms with Crippen LogP contribution in [0.4, 0.5) is 8.78 Å². The first-order valence-electron chi connectivity index (χ1n) is 7.38. The third-order valence-electron chi connectivity index (χ3n) is 3.45. The fourth-order valence-corrected chi connectivity index (χ4v) is 2.23. The lowest BCUT2D eigenvalue weighted by molar-refractivity contribution is -0.0924. The zero-order valence-corrected chi connectivity index (χ0v) is 12.4. The second kappa shape index (κ2) is 11.2. The predicted molar refractivity (Wildman–Crippen MR) is 76.4 cm³/mol. The first-order valence-corrected chi connectivity index (χ1v) is 7.38. The number of rotatable bonds is 12. The van der Waals surface area contributed by atoms with Gasteiger partial charge in [0, 0.05) is 25.9 Å². The Balaban J connectivity index is 4.11. The van der Waals surface area contributed by atoms with E-state index in [2.05, 4.69) is 12.8 Å². The van der Waals surface area contributed by atoms with Gasteiger partial charge in [-0.1, -0.05) is 32.6 Å². The number of halogens is 2. The van der Waals surface area contributed by atoms with Crippen molar-refractivity contribution in [3.05, 3.63) is 0 Å². The lowest BCUT2D eigenvalue weighted by Gasteiger charge is -2.26. The van der Waals surface area contributed by atoms with Crippen molar-refractivity contribution >= 4 is 0 Å². The average molecular weight is 274 g/mol. The van der Waals surface area contributed by atoms with Gasteiger partial charge in [0.25, 0.3) is 5.92 Å². The van der Waals surface area contributed by atoms with Crippen LogP contribution in [-0.4, -0.2) is 19.6 Å². The SMILES string of the molecule is C#CCCCCC(F)(F)[C@@H](CCCCCC)COC. The highest BCUT2D eigenvalue weighted by atomic mass is 19.3. The van der Waals surface area contributed by atoms with Crippen molar-refractivity contribution in [3.8, 4) is 12.3 Å². The van der Waals surface area contributed by atoms with Gasteiger partial charge in [-0.3, -0.25) is 0 Å². The van der Waals surface area contributed by atoms with Crippen LogP contribution in [0.3, 0.4) is 0 Å². The molecule has 19 heavy (non-hydrogen) atoms. The third kappa shape index (κ3) is 8.99. The molecular weight excluding hydrogens is 246 g/mol. The molecule has 0 spiro atoms. The number of ether oxygens (including phenoxy) is 1. The number of hydrogen-bond donors (Lipinski definition) is 0. The van der Waals surface area contributed by atoms with Crippen LogP contribution in [0, 0.1) is 18.3 Å². The number of unbranched alkanes of at least 4 members (excludes halogenated alkanes) is 5. The second-order valence-electron chi connectivity index (χ2n) is 5.17. The molecule has 1 atom stereocenters. The molecular formula is C16H28F2O. The third-order valence-corrected chi connectivity index (χ3v) is 3.45. The van der Waals surface area contributed by atoms with Gasteiger partial charge in [-0.15, -0.1) is 12.3 Å². The van der Waals surface area contributed by atoms with Crippen LogP contribution in [0.2, 0.25) is 0 Å². The first-order chi connectivity index (χ1) is 9.08. The van der Waals surface area contributed by atoms with Crippen molar-refractivity contribution in [3.63, 3.8) is 0 Å². The van der Waals surface area contributed by atoms with Gasteiger partial charge in [0.1, 0.15) is 0 Å². The zero-order chi connectivity index (χ0) is 14.6. The van der Waals surface area contributed by atoms with E-state index in [4.69, 9.17) is 11.2 Å². The molecule has 0 unspecified atom stereocenters. The van der Waals surface area contributed by atoms with Gasteiger partial charge < -0.3 is 4.74 Å². The molecule has 0 aromatic carbocycles. The van der Waals surface area contributed by atoms with Crippen LogP contribution in [-0.2, 0) is 4.74 Å². The van der Waals surface area contributed by atoms with Crippen LogP contribution in [0.1, 0.15) is 64.7 Å². The van der Waals surface area contributed by atoms with Crippen molar-refractivity contribution in [2.45, 2.75) is 70.6 Å². The molecule has 0 saturated heterocycles. The van der Waals surface area contributed by atoms with Crippen molar-refractivity contribution < 1.29 is 13.5 Å². The van der Waals surface area contributed by atoms with Gasteiger partial charge in [0.05, 0.1) is 6.61 Å². The normalized spacial score (nSPS) is 13.2. The van der Waals surface area contributed by atoms with E-state index in [-0.39, 0.29) is 13.0 Å². The van der Waals surface area contributed by atoms with Crippen LogP contribution < -0.4 is 0 Å². The summed E-state index contributed by atoms with van der Waals surface area (Å²) in [5.41, 5.74) is 0. The van der Waals surface area contributed by atoms with E-state index < -0.39 is 11.8 Å². The van der Waals surface area contributed by atoms with Gasteiger partial charge >= 0.3 is 0 Å². The average Bonchev–Trinajstić information content (AvgIpc) is 2.38. The Bertz CT molecular complexity index is 246. The lowest BCUT2D eigenvalue weighted by atomic mass is 9.91. The minimum absolute atomic E-state index is 0.0729. The van der Waals surface area contributed by atoms with Crippen molar-refractivity contribution in [1.29, 1.82) is 0 Å². The lowest BCUT2D eigenvalue weighted by Crippen LogP contribution is -2.31. The largest absolute Gasteiger partial charge is 0.384 e. The van der Waals surface area contributed by atoms with Crippen LogP contribution >= 0.6 is 0 Å². The van der Waals surface area contributed by atoms with E-state index >= 15 is 0 Å². The van der Waals surface area contributed by atoms with E-state index in [0.717, 1.165) is 25.7 Å². The molecule has 0 aromatic heterocycles. The van der Waals surface area contributed by atoms with E-state index in [0.29, 0.717) is 25.7 Å². The van der Waals surface area contributed by atoms with Gasteiger partial charge in [-0.25, -0.2) is 8.78 Å². The topological polar surface area (TPSA) is 9.23 Å². The van der Waals surface area contributed by atoms with Gasteiger partial charge in [-0.05, 0) is 19.3 Å². The molecule has 1 nitrogen and oxygen atoms in total. The Morgan fingerprint density at radius 2 is 1.89 bits per heavy atom. The summed E-state index contributed by atoms with van der Waals surface area (Å²) in [6.45, 7) is 2.26. The molecule has 0 radical (unpaired) electrons. The molecule has 112 valence electrons. The van der Waals surface area contributed by atoms with E-state index in [1.807, 2.05) is 0 Å². The number of hydrogen-bond acceptors (Lipinski definition) is 1. The molecule has 0 aliphatic carbocycles. The van der Waals surface area contributed by atoms with Crippen molar-refractivity contribution in [2.24, 2.45) is 5.92 Å². The molecule has 0 rings (SSSR count). The summed E-state index contributed by atoms with van der Waals surface area (Å²) in [7, 11) is 1.49. The Morgan fingerprint density at radius 1 is 1.16 bits per heavy atom. The molecule has 0 aromatic rings. The Hall–Kier alpha value is -0.620. The van der Waals surface area contributed by atoms with Crippen LogP contribution in [0.25, 0.3) is 0 Å². The Kier molecular flexibility index (Phi) is 10.9. The van der Waals surface area contributed by atoms with Crippen molar-refractivity contribution in [2.75, 3.05) is 13.7 Å². The summed E-state index contributed by atoms with van der Waals surface area (Å²) in [5.74, 6) is -0.794. The highest BCUT2D eigenvalue weighted by molar-refractivity contribution is 4.84. The zero-order valence-electron chi connectivity index (χ0n) is 12.4. The first kappa shape index (κ1) is 18.4. The summed E-state index contributed by atoms with van der Waals surface area (Å²) in [4.78, 5) is 0. The van der Waals surface area contributed by atoms with Crippen molar-refractivity contribution in [1.82, 2.24) is 0 Å². The molecule has 0 aliphatic rings. The molecule has 0 heterocycles. The van der Waals surface area contributed by atoms with E-state index in [9.17, 15) is 8.78 Å². The maximum Gasteiger partial charge on any atom is 0.253 e. The molecule has 0 fully saturated rings. The summed E-state index contributed by atoms with van der Waals surface area (Å²) in [5, 5.41) is 0. The highest BCUT2D eigenvalue weighted by Gasteiger charge is 2.38.